The number of para-hydroxylation sites is 1. The predicted octanol–water partition coefficient (Wildman–Crippen LogP) is -1.03. The Morgan fingerprint density at radius 2 is 1.94 bits per heavy atom. The Balaban J connectivity index is 1.99. The number of ether oxygens (including phenoxy) is 2. The van der Waals surface area contributed by atoms with E-state index in [0.717, 1.165) is 45.0 Å². The van der Waals surface area contributed by atoms with E-state index in [-0.39, 0.29) is 12.5 Å². The van der Waals surface area contributed by atoms with Crippen LogP contribution < -0.4 is 20.8 Å². The van der Waals surface area contributed by atoms with Crippen LogP contribution in [0.3, 0.4) is 0 Å². The molecule has 2 saturated heterocycles. The van der Waals surface area contributed by atoms with Gasteiger partial charge in [-0.1, -0.05) is 18.2 Å². The van der Waals surface area contributed by atoms with Crippen LogP contribution in [0.5, 0.6) is 0 Å². The Labute approximate surface area is 181 Å². The van der Waals surface area contributed by atoms with Crippen LogP contribution in [0.1, 0.15) is 12.8 Å². The Morgan fingerprint density at radius 3 is 2.48 bits per heavy atom. The summed E-state index contributed by atoms with van der Waals surface area (Å²) < 4.78 is 36.8. The van der Waals surface area contributed by atoms with Crippen LogP contribution in [-0.4, -0.2) is 76.8 Å². The first-order valence-corrected chi connectivity index (χ1v) is 11.9. The van der Waals surface area contributed by atoms with E-state index < -0.39 is 40.4 Å². The van der Waals surface area contributed by atoms with Crippen LogP contribution in [-0.2, 0) is 29.1 Å². The van der Waals surface area contributed by atoms with Gasteiger partial charge >= 0.3 is 5.97 Å². The highest BCUT2D eigenvalue weighted by Crippen LogP contribution is 2.35. The van der Waals surface area contributed by atoms with Gasteiger partial charge < -0.3 is 20.5 Å². The standard InChI is InChI=1S/C19H29N5O6S/c1-29-19(26)15(22-31(2,27)28)12-23-18(16(20)25)30-17(13-8-10-21-11-9-13)24(23)14-6-4-3-5-7-14/h3-7,13,15,17-18,21-22H,8-12H2,1-2H3,(H2,20,25). The molecule has 2 fully saturated rings. The molecule has 1 aromatic carbocycles. The number of carbonyl (C=O) groups is 2. The summed E-state index contributed by atoms with van der Waals surface area (Å²) in [6.07, 6.45) is 0.930. The monoisotopic (exact) mass is 455 g/mol. The number of hydrogen-bond donors (Lipinski definition) is 3. The van der Waals surface area contributed by atoms with Gasteiger partial charge in [0.05, 0.1) is 19.1 Å². The molecule has 1 amide bonds. The van der Waals surface area contributed by atoms with Gasteiger partial charge in [-0.3, -0.25) is 14.6 Å². The number of piperidine rings is 1. The number of nitrogens with zero attached hydrogens (tertiary/aromatic N) is 2. The molecule has 0 aromatic heterocycles. The minimum absolute atomic E-state index is 0.104. The number of methoxy groups -OCH3 is 1. The molecule has 0 aliphatic carbocycles. The molecule has 1 aromatic rings. The maximum absolute atomic E-state index is 12.3. The first-order valence-electron chi connectivity index (χ1n) is 10.0. The van der Waals surface area contributed by atoms with Crippen LogP contribution in [0.25, 0.3) is 0 Å². The third kappa shape index (κ3) is 5.71. The maximum Gasteiger partial charge on any atom is 0.325 e. The number of primary amides is 1. The third-order valence-corrected chi connectivity index (χ3v) is 6.03. The van der Waals surface area contributed by atoms with Crippen LogP contribution >= 0.6 is 0 Å². The first kappa shape index (κ1) is 23.4. The predicted molar refractivity (Wildman–Crippen MR) is 113 cm³/mol. The van der Waals surface area contributed by atoms with Crippen molar-refractivity contribution < 1.29 is 27.5 Å². The summed E-state index contributed by atoms with van der Waals surface area (Å²) in [5.74, 6) is -1.42. The molecule has 3 unspecified atom stereocenters. The fraction of sp³-hybridized carbons (Fsp3) is 0.579. The molecule has 0 spiro atoms. The summed E-state index contributed by atoms with van der Waals surface area (Å²) in [6.45, 7) is 1.42. The maximum atomic E-state index is 12.3. The second-order valence-corrected chi connectivity index (χ2v) is 9.42. The van der Waals surface area contributed by atoms with Gasteiger partial charge in [-0.2, -0.15) is 9.73 Å². The minimum atomic E-state index is -3.74. The van der Waals surface area contributed by atoms with Crippen molar-refractivity contribution in [1.82, 2.24) is 15.0 Å². The molecule has 172 valence electrons. The first-order chi connectivity index (χ1) is 14.7. The fourth-order valence-corrected chi connectivity index (χ4v) is 4.67. The smallest absolute Gasteiger partial charge is 0.325 e. The van der Waals surface area contributed by atoms with E-state index in [1.807, 2.05) is 30.3 Å². The average molecular weight is 456 g/mol. The molecule has 3 atom stereocenters. The second-order valence-electron chi connectivity index (χ2n) is 7.64. The summed E-state index contributed by atoms with van der Waals surface area (Å²) >= 11 is 0. The molecule has 11 nitrogen and oxygen atoms in total. The number of rotatable bonds is 8. The van der Waals surface area contributed by atoms with Gasteiger partial charge in [0, 0.05) is 12.5 Å². The van der Waals surface area contributed by atoms with Crippen molar-refractivity contribution in [2.45, 2.75) is 31.3 Å². The lowest BCUT2D eigenvalue weighted by Gasteiger charge is -2.38. The molecule has 12 heteroatoms. The normalized spacial score (nSPS) is 24.1. The van der Waals surface area contributed by atoms with Crippen molar-refractivity contribution in [1.29, 1.82) is 0 Å². The highest BCUT2D eigenvalue weighted by molar-refractivity contribution is 7.88. The quantitative estimate of drug-likeness (QED) is 0.419. The number of esters is 1. The van der Waals surface area contributed by atoms with Crippen molar-refractivity contribution in [2.75, 3.05) is 38.0 Å². The van der Waals surface area contributed by atoms with Gasteiger partial charge in [-0.05, 0) is 38.1 Å². The Bertz CT molecular complexity index is 877. The van der Waals surface area contributed by atoms with E-state index in [2.05, 4.69) is 10.0 Å². The van der Waals surface area contributed by atoms with E-state index in [9.17, 15) is 18.0 Å². The Kier molecular flexibility index (Phi) is 7.49. The number of anilines is 1. The van der Waals surface area contributed by atoms with E-state index in [0.29, 0.717) is 0 Å². The molecule has 0 saturated carbocycles. The highest BCUT2D eigenvalue weighted by atomic mass is 32.2. The number of hydrazine groups is 1. The van der Waals surface area contributed by atoms with Gasteiger partial charge in [0.2, 0.25) is 16.3 Å². The molecular formula is C19H29N5O6S. The van der Waals surface area contributed by atoms with Crippen molar-refractivity contribution in [3.8, 4) is 0 Å². The van der Waals surface area contributed by atoms with Crippen LogP contribution in [0.4, 0.5) is 5.69 Å². The molecule has 31 heavy (non-hydrogen) atoms. The van der Waals surface area contributed by atoms with Gasteiger partial charge in [0.15, 0.2) is 0 Å². The van der Waals surface area contributed by atoms with Crippen molar-refractivity contribution in [3.05, 3.63) is 30.3 Å². The fourth-order valence-electron chi connectivity index (χ4n) is 3.98. The summed E-state index contributed by atoms with van der Waals surface area (Å²) in [6, 6.07) is 7.99. The van der Waals surface area contributed by atoms with Crippen molar-refractivity contribution >= 4 is 27.6 Å². The highest BCUT2D eigenvalue weighted by Gasteiger charge is 2.48. The zero-order valence-corrected chi connectivity index (χ0v) is 18.4. The molecule has 3 rings (SSSR count). The number of nitrogens with one attached hydrogen (secondary N) is 2. The lowest BCUT2D eigenvalue weighted by atomic mass is 9.95. The largest absolute Gasteiger partial charge is 0.468 e. The minimum Gasteiger partial charge on any atom is -0.468 e. The molecule has 0 radical (unpaired) electrons. The van der Waals surface area contributed by atoms with Crippen molar-refractivity contribution in [2.24, 2.45) is 11.7 Å². The van der Waals surface area contributed by atoms with Crippen LogP contribution in [0, 0.1) is 5.92 Å². The number of amides is 1. The molecule has 2 aliphatic heterocycles. The average Bonchev–Trinajstić information content (AvgIpc) is 3.12. The Morgan fingerprint density at radius 1 is 1.29 bits per heavy atom. The van der Waals surface area contributed by atoms with Crippen LogP contribution in [0.15, 0.2) is 30.3 Å². The molecule has 2 aliphatic rings. The zero-order chi connectivity index (χ0) is 22.6. The SMILES string of the molecule is COC(=O)C(CN1C(C(N)=O)OC(C2CCNCC2)N1c1ccccc1)NS(C)(=O)=O. The molecule has 4 N–H and O–H groups in total. The van der Waals surface area contributed by atoms with Gasteiger partial charge in [-0.25, -0.2) is 8.42 Å². The van der Waals surface area contributed by atoms with Gasteiger partial charge in [0.25, 0.3) is 5.91 Å². The number of carbonyl (C=O) groups excluding carboxylic acids is 2. The van der Waals surface area contributed by atoms with E-state index >= 15 is 0 Å². The van der Waals surface area contributed by atoms with E-state index in [4.69, 9.17) is 15.2 Å². The number of benzene rings is 1. The number of nitrogens with two attached hydrogens (primary N) is 1. The number of hydrogen-bond acceptors (Lipinski definition) is 9. The molecule has 0 bridgehead atoms. The summed E-state index contributed by atoms with van der Waals surface area (Å²) in [4.78, 5) is 24.6. The van der Waals surface area contributed by atoms with Gasteiger partial charge in [-0.15, -0.1) is 0 Å². The number of sulfonamides is 1. The molecule has 2 heterocycles. The topological polar surface area (TPSA) is 143 Å². The van der Waals surface area contributed by atoms with E-state index in [1.54, 1.807) is 5.01 Å². The second kappa shape index (κ2) is 9.92. The lowest BCUT2D eigenvalue weighted by molar-refractivity contribution is -0.145. The molecular weight excluding hydrogens is 426 g/mol. The summed E-state index contributed by atoms with van der Waals surface area (Å²) in [5.41, 5.74) is 6.37. The van der Waals surface area contributed by atoms with Gasteiger partial charge in [0.1, 0.15) is 12.3 Å². The zero-order valence-electron chi connectivity index (χ0n) is 17.6. The van der Waals surface area contributed by atoms with Crippen LogP contribution in [0.2, 0.25) is 0 Å². The summed E-state index contributed by atoms with van der Waals surface area (Å²) in [5, 5.41) is 6.60. The van der Waals surface area contributed by atoms with Crippen molar-refractivity contribution in [3.63, 3.8) is 0 Å². The summed E-state index contributed by atoms with van der Waals surface area (Å²) in [7, 11) is -2.57. The third-order valence-electron chi connectivity index (χ3n) is 5.32. The Hall–Kier alpha value is -2.25. The lowest BCUT2D eigenvalue weighted by Crippen LogP contribution is -2.57. The van der Waals surface area contributed by atoms with E-state index in [1.165, 1.54) is 5.01 Å².